The summed E-state index contributed by atoms with van der Waals surface area (Å²) in [5, 5.41) is 3.82. The Hall–Kier alpha value is 0.310. The molecule has 2 aliphatic rings. The summed E-state index contributed by atoms with van der Waals surface area (Å²) in [5.41, 5.74) is 0. The molecular formula is C12H23NS. The fourth-order valence-electron chi connectivity index (χ4n) is 2.84. The number of rotatable bonds is 0. The van der Waals surface area contributed by atoms with Crippen LogP contribution in [0.5, 0.6) is 0 Å². The third kappa shape index (κ3) is 1.96. The van der Waals surface area contributed by atoms with Gasteiger partial charge in [-0.2, -0.15) is 0 Å². The molecule has 0 radical (unpaired) electrons. The van der Waals surface area contributed by atoms with Crippen LogP contribution in [0.25, 0.3) is 0 Å². The first-order chi connectivity index (χ1) is 6.62. The zero-order valence-electron chi connectivity index (χ0n) is 9.68. The van der Waals surface area contributed by atoms with Crippen LogP contribution >= 0.6 is 11.8 Å². The van der Waals surface area contributed by atoms with Crippen LogP contribution in [-0.4, -0.2) is 17.2 Å². The summed E-state index contributed by atoms with van der Waals surface area (Å²) < 4.78 is 0. The second-order valence-electron chi connectivity index (χ2n) is 5.47. The van der Waals surface area contributed by atoms with Crippen molar-refractivity contribution in [3.63, 3.8) is 0 Å². The molecular weight excluding hydrogens is 190 g/mol. The van der Waals surface area contributed by atoms with Crippen LogP contribution in [0.3, 0.4) is 0 Å². The van der Waals surface area contributed by atoms with E-state index in [1.165, 1.54) is 31.6 Å². The van der Waals surface area contributed by atoms with E-state index in [4.69, 9.17) is 0 Å². The Morgan fingerprint density at radius 1 is 1.21 bits per heavy atom. The smallest absolute Gasteiger partial charge is 0.0671 e. The van der Waals surface area contributed by atoms with Gasteiger partial charge in [0.25, 0.3) is 0 Å². The summed E-state index contributed by atoms with van der Waals surface area (Å²) in [5.74, 6) is 4.00. The summed E-state index contributed by atoms with van der Waals surface area (Å²) in [6.07, 6.45) is 4.21. The van der Waals surface area contributed by atoms with Gasteiger partial charge in [0.15, 0.2) is 0 Å². The van der Waals surface area contributed by atoms with Crippen LogP contribution in [0.1, 0.15) is 40.0 Å². The van der Waals surface area contributed by atoms with Gasteiger partial charge in [0, 0.05) is 0 Å². The van der Waals surface area contributed by atoms with Gasteiger partial charge in [0.05, 0.1) is 4.87 Å². The van der Waals surface area contributed by atoms with E-state index in [9.17, 15) is 0 Å². The highest BCUT2D eigenvalue weighted by molar-refractivity contribution is 8.00. The Morgan fingerprint density at radius 2 is 2.00 bits per heavy atom. The Balaban J connectivity index is 2.01. The first kappa shape index (κ1) is 10.8. The maximum atomic E-state index is 3.82. The lowest BCUT2D eigenvalue weighted by Gasteiger charge is -2.48. The van der Waals surface area contributed by atoms with Gasteiger partial charge >= 0.3 is 0 Å². The van der Waals surface area contributed by atoms with Crippen LogP contribution in [0, 0.1) is 17.8 Å². The van der Waals surface area contributed by atoms with Crippen molar-refractivity contribution in [3.8, 4) is 0 Å². The quantitative estimate of drug-likeness (QED) is 0.663. The Labute approximate surface area is 92.4 Å². The van der Waals surface area contributed by atoms with Crippen LogP contribution in [0.4, 0.5) is 0 Å². The van der Waals surface area contributed by atoms with Crippen molar-refractivity contribution in [2.75, 3.05) is 12.3 Å². The first-order valence-electron chi connectivity index (χ1n) is 6.01. The molecule has 2 rings (SSSR count). The average molecular weight is 213 g/mol. The van der Waals surface area contributed by atoms with E-state index in [1.54, 1.807) is 0 Å². The number of thioether (sulfide) groups is 1. The molecule has 1 N–H and O–H groups in total. The third-order valence-electron chi connectivity index (χ3n) is 3.94. The van der Waals surface area contributed by atoms with E-state index in [1.807, 2.05) is 0 Å². The van der Waals surface area contributed by atoms with Gasteiger partial charge in [-0.1, -0.05) is 20.8 Å². The SMILES string of the molecule is CC1CNC2(CCC(C)CC2C)SC1. The third-order valence-corrected chi connectivity index (χ3v) is 5.94. The normalized spacial score (nSPS) is 49.5. The zero-order chi connectivity index (χ0) is 10.2. The van der Waals surface area contributed by atoms with Crippen molar-refractivity contribution in [1.29, 1.82) is 0 Å². The van der Waals surface area contributed by atoms with Crippen molar-refractivity contribution >= 4 is 11.8 Å². The maximum absolute atomic E-state index is 3.82. The lowest BCUT2D eigenvalue weighted by atomic mass is 9.79. The molecule has 14 heavy (non-hydrogen) atoms. The molecule has 4 atom stereocenters. The topological polar surface area (TPSA) is 12.0 Å². The summed E-state index contributed by atoms with van der Waals surface area (Å²) in [6.45, 7) is 8.42. The average Bonchev–Trinajstić information content (AvgIpc) is 2.16. The highest BCUT2D eigenvalue weighted by atomic mass is 32.2. The van der Waals surface area contributed by atoms with Crippen molar-refractivity contribution < 1.29 is 0 Å². The van der Waals surface area contributed by atoms with Gasteiger partial charge in [-0.15, -0.1) is 11.8 Å². The van der Waals surface area contributed by atoms with E-state index in [-0.39, 0.29) is 0 Å². The lowest BCUT2D eigenvalue weighted by Crippen LogP contribution is -2.55. The Morgan fingerprint density at radius 3 is 2.57 bits per heavy atom. The minimum absolute atomic E-state index is 0.443. The van der Waals surface area contributed by atoms with Crippen molar-refractivity contribution in [3.05, 3.63) is 0 Å². The van der Waals surface area contributed by atoms with Crippen LogP contribution in [0.2, 0.25) is 0 Å². The minimum atomic E-state index is 0.443. The fraction of sp³-hybridized carbons (Fsp3) is 1.00. The molecule has 2 fully saturated rings. The van der Waals surface area contributed by atoms with Gasteiger partial charge in [-0.05, 0) is 49.3 Å². The molecule has 0 aromatic heterocycles. The number of hydrogen-bond acceptors (Lipinski definition) is 2. The summed E-state index contributed by atoms with van der Waals surface area (Å²) >= 11 is 2.19. The molecule has 0 amide bonds. The molecule has 1 saturated carbocycles. The molecule has 1 aliphatic carbocycles. The zero-order valence-corrected chi connectivity index (χ0v) is 10.5. The van der Waals surface area contributed by atoms with Gasteiger partial charge in [0.1, 0.15) is 0 Å². The monoisotopic (exact) mass is 213 g/mol. The molecule has 0 aromatic rings. The standard InChI is InChI=1S/C12H23NS/c1-9-4-5-12(11(3)6-9)13-7-10(2)8-14-12/h9-11,13H,4-8H2,1-3H3. The molecule has 4 unspecified atom stereocenters. The predicted octanol–water partition coefficient (Wildman–Crippen LogP) is 3.11. The van der Waals surface area contributed by atoms with Crippen molar-refractivity contribution in [2.24, 2.45) is 17.8 Å². The van der Waals surface area contributed by atoms with Crippen LogP contribution < -0.4 is 5.32 Å². The van der Waals surface area contributed by atoms with E-state index < -0.39 is 0 Å². The number of hydrogen-bond donors (Lipinski definition) is 1. The van der Waals surface area contributed by atoms with Crippen LogP contribution in [-0.2, 0) is 0 Å². The van der Waals surface area contributed by atoms with E-state index in [2.05, 4.69) is 37.8 Å². The molecule has 1 nitrogen and oxygen atoms in total. The second kappa shape index (κ2) is 4.05. The molecule has 1 aliphatic heterocycles. The summed E-state index contributed by atoms with van der Waals surface area (Å²) in [7, 11) is 0. The van der Waals surface area contributed by atoms with Crippen molar-refractivity contribution in [1.82, 2.24) is 5.32 Å². The lowest BCUT2D eigenvalue weighted by molar-refractivity contribution is 0.191. The molecule has 82 valence electrons. The molecule has 1 spiro atoms. The van der Waals surface area contributed by atoms with Gasteiger partial charge < -0.3 is 5.32 Å². The largest absolute Gasteiger partial charge is 0.302 e. The molecule has 0 bridgehead atoms. The van der Waals surface area contributed by atoms with Crippen molar-refractivity contribution in [2.45, 2.75) is 44.9 Å². The van der Waals surface area contributed by atoms with Gasteiger partial charge in [-0.25, -0.2) is 0 Å². The first-order valence-corrected chi connectivity index (χ1v) is 7.00. The number of nitrogens with one attached hydrogen (secondary N) is 1. The van der Waals surface area contributed by atoms with Gasteiger partial charge in [0.2, 0.25) is 0 Å². The molecule has 1 heterocycles. The molecule has 0 aromatic carbocycles. The Bertz CT molecular complexity index is 188. The van der Waals surface area contributed by atoms with Gasteiger partial charge in [-0.3, -0.25) is 0 Å². The second-order valence-corrected chi connectivity index (χ2v) is 6.82. The molecule has 1 saturated heterocycles. The van der Waals surface area contributed by atoms with Crippen LogP contribution in [0.15, 0.2) is 0 Å². The van der Waals surface area contributed by atoms with E-state index >= 15 is 0 Å². The van der Waals surface area contributed by atoms with E-state index in [0.29, 0.717) is 4.87 Å². The predicted molar refractivity (Wildman–Crippen MR) is 64.5 cm³/mol. The van der Waals surface area contributed by atoms with E-state index in [0.717, 1.165) is 17.8 Å². The summed E-state index contributed by atoms with van der Waals surface area (Å²) in [6, 6.07) is 0. The Kier molecular flexibility index (Phi) is 3.13. The minimum Gasteiger partial charge on any atom is -0.302 e. The summed E-state index contributed by atoms with van der Waals surface area (Å²) in [4.78, 5) is 0.443. The molecule has 2 heteroatoms. The fourth-order valence-corrected chi connectivity index (χ4v) is 4.37. The maximum Gasteiger partial charge on any atom is 0.0671 e. The highest BCUT2D eigenvalue weighted by Crippen LogP contribution is 2.46. The highest BCUT2D eigenvalue weighted by Gasteiger charge is 2.42.